The first-order chi connectivity index (χ1) is 9.36. The third kappa shape index (κ3) is 5.34. The smallest absolute Gasteiger partial charge is 0.744 e. The van der Waals surface area contributed by atoms with Crippen LogP contribution in [0.2, 0.25) is 10.0 Å². The van der Waals surface area contributed by atoms with Crippen LogP contribution in [-0.2, 0) is 10.1 Å². The Balaban J connectivity index is 0.00000220. The van der Waals surface area contributed by atoms with Crippen LogP contribution >= 0.6 is 23.2 Å². The van der Waals surface area contributed by atoms with E-state index < -0.39 is 10.1 Å². The molecule has 9 heteroatoms. The number of rotatable bonds is 3. The Labute approximate surface area is 154 Å². The summed E-state index contributed by atoms with van der Waals surface area (Å²) in [5, 5.41) is 8.64. The number of benzene rings is 2. The van der Waals surface area contributed by atoms with E-state index in [1.165, 1.54) is 30.3 Å². The predicted molar refractivity (Wildman–Crippen MR) is 75.0 cm³/mol. The Hall–Kier alpha value is -0.470. The Morgan fingerprint density at radius 2 is 1.57 bits per heavy atom. The fourth-order valence-electron chi connectivity index (χ4n) is 1.35. The molecule has 0 spiro atoms. The molecule has 104 valence electrons. The van der Waals surface area contributed by atoms with E-state index in [1.807, 2.05) is 0 Å². The molecule has 0 bridgehead atoms. The zero-order valence-corrected chi connectivity index (χ0v) is 15.2. The van der Waals surface area contributed by atoms with Crippen molar-refractivity contribution in [1.29, 1.82) is 0 Å². The summed E-state index contributed by atoms with van der Waals surface area (Å²) in [7, 11) is -4.46. The minimum absolute atomic E-state index is 0. The van der Waals surface area contributed by atoms with Gasteiger partial charge in [-0.3, -0.25) is 0 Å². The van der Waals surface area contributed by atoms with Crippen LogP contribution in [-0.4, -0.2) is 13.0 Å². The Kier molecular flexibility index (Phi) is 6.80. The maximum absolute atomic E-state index is 10.8. The molecule has 0 saturated carbocycles. The standard InChI is InChI=1S/C12H8Cl2N2O3S.Na/c13-8-1-6-12(11(14)7-8)16-15-9-2-4-10(5-3-9)20(17,18)19;/h1-7H,(H,17,18,19);/q;+1/p-1. The average Bonchev–Trinajstić information content (AvgIpc) is 2.37. The van der Waals surface area contributed by atoms with Gasteiger partial charge in [0.2, 0.25) is 0 Å². The van der Waals surface area contributed by atoms with Crippen molar-refractivity contribution < 1.29 is 42.5 Å². The third-order valence-corrected chi connectivity index (χ3v) is 3.70. The van der Waals surface area contributed by atoms with Crippen molar-refractivity contribution in [2.45, 2.75) is 4.90 Å². The fraction of sp³-hybridized carbons (Fsp3) is 0. The monoisotopic (exact) mass is 352 g/mol. The van der Waals surface area contributed by atoms with E-state index in [4.69, 9.17) is 23.2 Å². The van der Waals surface area contributed by atoms with Crippen LogP contribution in [0.15, 0.2) is 57.6 Å². The van der Waals surface area contributed by atoms with Gasteiger partial charge < -0.3 is 4.55 Å². The first-order valence-electron chi connectivity index (χ1n) is 5.29. The van der Waals surface area contributed by atoms with Crippen molar-refractivity contribution in [1.82, 2.24) is 0 Å². The molecule has 0 saturated heterocycles. The van der Waals surface area contributed by atoms with Crippen molar-refractivity contribution in [3.8, 4) is 0 Å². The summed E-state index contributed by atoms with van der Waals surface area (Å²) >= 11 is 11.7. The maximum atomic E-state index is 10.8. The summed E-state index contributed by atoms with van der Waals surface area (Å²) < 4.78 is 32.3. The molecule has 2 aromatic rings. The molecule has 2 aromatic carbocycles. The van der Waals surface area contributed by atoms with Crippen molar-refractivity contribution in [2.75, 3.05) is 0 Å². The summed E-state index contributed by atoms with van der Waals surface area (Å²) in [4.78, 5) is -0.319. The van der Waals surface area contributed by atoms with Gasteiger partial charge in [-0.1, -0.05) is 23.2 Å². The minimum atomic E-state index is -4.46. The van der Waals surface area contributed by atoms with Crippen molar-refractivity contribution in [3.05, 3.63) is 52.5 Å². The van der Waals surface area contributed by atoms with E-state index in [0.29, 0.717) is 21.4 Å². The zero-order chi connectivity index (χ0) is 14.8. The molecule has 0 N–H and O–H groups in total. The molecular weight excluding hydrogens is 346 g/mol. The van der Waals surface area contributed by atoms with E-state index in [0.717, 1.165) is 0 Å². The second kappa shape index (κ2) is 7.69. The van der Waals surface area contributed by atoms with Crippen LogP contribution in [0.1, 0.15) is 0 Å². The van der Waals surface area contributed by atoms with E-state index in [1.54, 1.807) is 12.1 Å². The van der Waals surface area contributed by atoms with E-state index >= 15 is 0 Å². The molecule has 0 aliphatic heterocycles. The molecule has 0 unspecified atom stereocenters. The van der Waals surface area contributed by atoms with Gasteiger partial charge in [-0.25, -0.2) is 8.42 Å². The molecule has 21 heavy (non-hydrogen) atoms. The first kappa shape index (κ1) is 18.6. The van der Waals surface area contributed by atoms with Crippen molar-refractivity contribution in [2.24, 2.45) is 10.2 Å². The van der Waals surface area contributed by atoms with Crippen LogP contribution in [0.5, 0.6) is 0 Å². The van der Waals surface area contributed by atoms with Crippen molar-refractivity contribution >= 4 is 44.7 Å². The van der Waals surface area contributed by atoms with Gasteiger partial charge in [0.15, 0.2) is 0 Å². The number of hydrogen-bond donors (Lipinski definition) is 0. The molecule has 5 nitrogen and oxygen atoms in total. The quantitative estimate of drug-likeness (QED) is 0.474. The van der Waals surface area contributed by atoms with Crippen LogP contribution in [0, 0.1) is 0 Å². The molecule has 0 amide bonds. The summed E-state index contributed by atoms with van der Waals surface area (Å²) in [5.74, 6) is 0. The Morgan fingerprint density at radius 3 is 2.10 bits per heavy atom. The summed E-state index contributed by atoms with van der Waals surface area (Å²) in [6.45, 7) is 0. The average molecular weight is 353 g/mol. The zero-order valence-electron chi connectivity index (χ0n) is 10.8. The topological polar surface area (TPSA) is 81.9 Å². The van der Waals surface area contributed by atoms with E-state index in [-0.39, 0.29) is 34.5 Å². The maximum Gasteiger partial charge on any atom is 1.00 e. The summed E-state index contributed by atoms with van der Waals surface area (Å²) in [5.41, 5.74) is 0.819. The van der Waals surface area contributed by atoms with Gasteiger partial charge in [-0.2, -0.15) is 5.11 Å². The second-order valence-corrected chi connectivity index (χ2v) is 5.97. The molecule has 0 aliphatic carbocycles. The third-order valence-electron chi connectivity index (χ3n) is 2.31. The largest absolute Gasteiger partial charge is 1.00 e. The van der Waals surface area contributed by atoms with E-state index in [2.05, 4.69) is 10.2 Å². The van der Waals surface area contributed by atoms with Gasteiger partial charge in [0.25, 0.3) is 0 Å². The van der Waals surface area contributed by atoms with Gasteiger partial charge in [0.05, 0.1) is 15.6 Å². The Bertz CT molecular complexity index is 765. The molecule has 2 rings (SSSR count). The molecular formula is C12H7Cl2N2NaO3S. The Morgan fingerprint density at radius 1 is 0.952 bits per heavy atom. The van der Waals surface area contributed by atoms with Gasteiger partial charge in [0, 0.05) is 5.02 Å². The van der Waals surface area contributed by atoms with Crippen LogP contribution in [0.3, 0.4) is 0 Å². The molecule has 0 aliphatic rings. The predicted octanol–water partition coefficient (Wildman–Crippen LogP) is 1.32. The first-order valence-corrected chi connectivity index (χ1v) is 7.45. The van der Waals surface area contributed by atoms with Crippen LogP contribution < -0.4 is 29.6 Å². The fourth-order valence-corrected chi connectivity index (χ4v) is 2.27. The van der Waals surface area contributed by atoms with Gasteiger partial charge >= 0.3 is 29.6 Å². The summed E-state index contributed by atoms with van der Waals surface area (Å²) in [6.07, 6.45) is 0. The van der Waals surface area contributed by atoms with Gasteiger partial charge in [0.1, 0.15) is 15.8 Å². The molecule has 0 radical (unpaired) electrons. The van der Waals surface area contributed by atoms with Crippen LogP contribution in [0.25, 0.3) is 0 Å². The summed E-state index contributed by atoms with van der Waals surface area (Å²) in [6, 6.07) is 9.83. The normalized spacial score (nSPS) is 11.4. The SMILES string of the molecule is O=S(=O)([O-])c1ccc(N=Nc2ccc(Cl)cc2Cl)cc1.[Na+]. The second-order valence-electron chi connectivity index (χ2n) is 3.74. The molecule has 0 fully saturated rings. The van der Waals surface area contributed by atoms with Crippen molar-refractivity contribution in [3.63, 3.8) is 0 Å². The molecule has 0 aromatic heterocycles. The van der Waals surface area contributed by atoms with Gasteiger partial charge in [-0.15, -0.1) is 5.11 Å². The van der Waals surface area contributed by atoms with E-state index in [9.17, 15) is 13.0 Å². The van der Waals surface area contributed by atoms with Crippen LogP contribution in [0.4, 0.5) is 11.4 Å². The number of halogens is 2. The minimum Gasteiger partial charge on any atom is -0.744 e. The number of nitrogens with zero attached hydrogens (tertiary/aromatic N) is 2. The molecule has 0 heterocycles. The van der Waals surface area contributed by atoms with Gasteiger partial charge in [-0.05, 0) is 42.5 Å². The number of azo groups is 1. The molecule has 0 atom stereocenters. The number of hydrogen-bond acceptors (Lipinski definition) is 5.